The highest BCUT2D eigenvalue weighted by Crippen LogP contribution is 2.24. The number of carbonyl (C=O) groups is 1. The number of hydrogen-bond donors (Lipinski definition) is 2. The van der Waals surface area contributed by atoms with Crippen LogP contribution in [0.3, 0.4) is 0 Å². The normalized spacial score (nSPS) is 21.5. The lowest BCUT2D eigenvalue weighted by atomic mass is 10.0. The van der Waals surface area contributed by atoms with E-state index in [9.17, 15) is 4.79 Å². The van der Waals surface area contributed by atoms with Gasteiger partial charge in [0.25, 0.3) is 0 Å². The Hall–Kier alpha value is -0.680. The molecule has 5 heteroatoms. The van der Waals surface area contributed by atoms with Crippen LogP contribution in [-0.2, 0) is 4.79 Å². The van der Waals surface area contributed by atoms with Crippen LogP contribution < -0.4 is 5.73 Å². The zero-order chi connectivity index (χ0) is 12.8. The van der Waals surface area contributed by atoms with Crippen molar-refractivity contribution < 1.29 is 9.90 Å². The smallest absolute Gasteiger partial charge is 0.232 e. The SMILES string of the molecule is CCC(C(=O)N1CCCC1CCCO)C(N)=S. The Morgan fingerprint density at radius 1 is 1.65 bits per heavy atom. The van der Waals surface area contributed by atoms with Crippen LogP contribution in [0.5, 0.6) is 0 Å². The molecule has 0 saturated carbocycles. The second kappa shape index (κ2) is 6.91. The highest BCUT2D eigenvalue weighted by molar-refractivity contribution is 7.80. The van der Waals surface area contributed by atoms with Crippen LogP contribution in [0.15, 0.2) is 0 Å². The summed E-state index contributed by atoms with van der Waals surface area (Å²) < 4.78 is 0. The van der Waals surface area contributed by atoms with Crippen LogP contribution in [-0.4, -0.2) is 40.1 Å². The van der Waals surface area contributed by atoms with E-state index in [1.165, 1.54) is 0 Å². The minimum Gasteiger partial charge on any atom is -0.396 e. The number of nitrogens with zero attached hydrogens (tertiary/aromatic N) is 1. The lowest BCUT2D eigenvalue weighted by Gasteiger charge is -2.28. The summed E-state index contributed by atoms with van der Waals surface area (Å²) in [5, 5.41) is 8.85. The number of aliphatic hydroxyl groups is 1. The third kappa shape index (κ3) is 3.64. The Morgan fingerprint density at radius 2 is 2.35 bits per heavy atom. The molecule has 1 saturated heterocycles. The third-order valence-corrected chi connectivity index (χ3v) is 3.69. The fourth-order valence-corrected chi connectivity index (χ4v) is 2.72. The molecular weight excluding hydrogens is 236 g/mol. The number of likely N-dealkylation sites (tertiary alicyclic amines) is 1. The molecule has 98 valence electrons. The molecule has 3 N–H and O–H groups in total. The van der Waals surface area contributed by atoms with Gasteiger partial charge in [-0.3, -0.25) is 4.79 Å². The molecule has 1 amide bonds. The summed E-state index contributed by atoms with van der Waals surface area (Å²) in [6.07, 6.45) is 4.35. The van der Waals surface area contributed by atoms with E-state index in [-0.39, 0.29) is 24.5 Å². The zero-order valence-electron chi connectivity index (χ0n) is 10.4. The Balaban J connectivity index is 2.63. The number of amides is 1. The van der Waals surface area contributed by atoms with Crippen LogP contribution in [0.25, 0.3) is 0 Å². The first-order valence-electron chi connectivity index (χ1n) is 6.32. The minimum absolute atomic E-state index is 0.0699. The minimum atomic E-state index is -0.320. The van der Waals surface area contributed by atoms with Gasteiger partial charge in [-0.15, -0.1) is 0 Å². The van der Waals surface area contributed by atoms with Crippen molar-refractivity contribution in [3.63, 3.8) is 0 Å². The Bertz CT molecular complexity index is 284. The van der Waals surface area contributed by atoms with E-state index in [4.69, 9.17) is 23.1 Å². The second-order valence-corrected chi connectivity index (χ2v) is 5.03. The zero-order valence-corrected chi connectivity index (χ0v) is 11.2. The summed E-state index contributed by atoms with van der Waals surface area (Å²) in [4.78, 5) is 14.5. The Morgan fingerprint density at radius 3 is 2.88 bits per heavy atom. The van der Waals surface area contributed by atoms with E-state index >= 15 is 0 Å². The predicted molar refractivity (Wildman–Crippen MR) is 71.6 cm³/mol. The summed E-state index contributed by atoms with van der Waals surface area (Å²) in [5.41, 5.74) is 5.61. The maximum Gasteiger partial charge on any atom is 0.232 e. The van der Waals surface area contributed by atoms with Gasteiger partial charge >= 0.3 is 0 Å². The molecule has 0 aromatic rings. The number of aliphatic hydroxyl groups excluding tert-OH is 1. The third-order valence-electron chi connectivity index (χ3n) is 3.41. The molecule has 0 aromatic carbocycles. The van der Waals surface area contributed by atoms with Gasteiger partial charge in [0.1, 0.15) is 0 Å². The Labute approximate surface area is 108 Å². The number of thiocarbonyl (C=S) groups is 1. The average Bonchev–Trinajstić information content (AvgIpc) is 2.74. The molecule has 0 aliphatic carbocycles. The first-order chi connectivity index (χ1) is 8.11. The van der Waals surface area contributed by atoms with Gasteiger partial charge in [-0.1, -0.05) is 19.1 Å². The molecule has 0 aromatic heterocycles. The van der Waals surface area contributed by atoms with Crippen molar-refractivity contribution in [2.45, 2.75) is 45.1 Å². The molecule has 4 nitrogen and oxygen atoms in total. The topological polar surface area (TPSA) is 66.6 Å². The monoisotopic (exact) mass is 258 g/mol. The Kier molecular flexibility index (Phi) is 5.85. The summed E-state index contributed by atoms with van der Waals surface area (Å²) in [6, 6.07) is 0.262. The maximum absolute atomic E-state index is 12.3. The van der Waals surface area contributed by atoms with Crippen molar-refractivity contribution in [2.75, 3.05) is 13.2 Å². The molecule has 0 radical (unpaired) electrons. The largest absolute Gasteiger partial charge is 0.396 e. The summed E-state index contributed by atoms with van der Waals surface area (Å²) in [5.74, 6) is -0.250. The number of nitrogens with two attached hydrogens (primary N) is 1. The molecule has 1 rings (SSSR count). The van der Waals surface area contributed by atoms with Gasteiger partial charge in [0.15, 0.2) is 0 Å². The van der Waals surface area contributed by atoms with Gasteiger partial charge in [-0.25, -0.2) is 0 Å². The van der Waals surface area contributed by atoms with Crippen molar-refractivity contribution in [3.8, 4) is 0 Å². The summed E-state index contributed by atoms with van der Waals surface area (Å²) in [7, 11) is 0. The molecule has 2 atom stereocenters. The quantitative estimate of drug-likeness (QED) is 0.699. The first-order valence-corrected chi connectivity index (χ1v) is 6.73. The first kappa shape index (κ1) is 14.4. The van der Waals surface area contributed by atoms with Gasteiger partial charge in [0.2, 0.25) is 5.91 Å². The van der Waals surface area contributed by atoms with Crippen LogP contribution in [0.2, 0.25) is 0 Å². The standard InChI is InChI=1S/C12H22N2O2S/c1-2-10(11(13)17)12(16)14-7-3-5-9(14)6-4-8-15/h9-10,15H,2-8H2,1H3,(H2,13,17). The van der Waals surface area contributed by atoms with Gasteiger partial charge in [-0.2, -0.15) is 0 Å². The number of carbonyl (C=O) groups excluding carboxylic acids is 1. The van der Waals surface area contributed by atoms with E-state index < -0.39 is 0 Å². The van der Waals surface area contributed by atoms with E-state index in [2.05, 4.69) is 0 Å². The van der Waals surface area contributed by atoms with Crippen molar-refractivity contribution in [1.29, 1.82) is 0 Å². The van der Waals surface area contributed by atoms with Crippen LogP contribution in [0, 0.1) is 5.92 Å². The van der Waals surface area contributed by atoms with Crippen molar-refractivity contribution >= 4 is 23.1 Å². The summed E-state index contributed by atoms with van der Waals surface area (Å²) in [6.45, 7) is 2.92. The fraction of sp³-hybridized carbons (Fsp3) is 0.833. The maximum atomic E-state index is 12.3. The van der Waals surface area contributed by atoms with Gasteiger partial charge < -0.3 is 15.7 Å². The number of rotatable bonds is 6. The molecule has 2 unspecified atom stereocenters. The lowest BCUT2D eigenvalue weighted by Crippen LogP contribution is -2.43. The molecule has 1 fully saturated rings. The van der Waals surface area contributed by atoms with Crippen molar-refractivity contribution in [1.82, 2.24) is 4.90 Å². The van der Waals surface area contributed by atoms with Crippen LogP contribution in [0.1, 0.15) is 39.0 Å². The van der Waals surface area contributed by atoms with Gasteiger partial charge in [0.05, 0.1) is 10.9 Å². The van der Waals surface area contributed by atoms with Gasteiger partial charge in [0, 0.05) is 19.2 Å². The number of hydrogen-bond acceptors (Lipinski definition) is 3. The van der Waals surface area contributed by atoms with Crippen molar-refractivity contribution in [3.05, 3.63) is 0 Å². The average molecular weight is 258 g/mol. The van der Waals surface area contributed by atoms with E-state index in [1.807, 2.05) is 11.8 Å². The summed E-state index contributed by atoms with van der Waals surface area (Å²) >= 11 is 4.94. The van der Waals surface area contributed by atoms with Crippen LogP contribution >= 0.6 is 12.2 Å². The predicted octanol–water partition coefficient (Wildman–Crippen LogP) is 1.06. The molecule has 1 aliphatic heterocycles. The highest BCUT2D eigenvalue weighted by atomic mass is 32.1. The van der Waals surface area contributed by atoms with E-state index in [0.717, 1.165) is 32.2 Å². The van der Waals surface area contributed by atoms with E-state index in [0.29, 0.717) is 11.4 Å². The lowest BCUT2D eigenvalue weighted by molar-refractivity contribution is -0.134. The van der Waals surface area contributed by atoms with Gasteiger partial charge in [-0.05, 0) is 32.1 Å². The fourth-order valence-electron chi connectivity index (χ4n) is 2.45. The molecular formula is C12H22N2O2S. The molecule has 0 bridgehead atoms. The van der Waals surface area contributed by atoms with E-state index in [1.54, 1.807) is 0 Å². The molecule has 17 heavy (non-hydrogen) atoms. The molecule has 0 spiro atoms. The molecule has 1 heterocycles. The molecule has 1 aliphatic rings. The highest BCUT2D eigenvalue weighted by Gasteiger charge is 2.32. The second-order valence-electron chi connectivity index (χ2n) is 4.56. The van der Waals surface area contributed by atoms with Crippen molar-refractivity contribution in [2.24, 2.45) is 11.7 Å². The van der Waals surface area contributed by atoms with Crippen LogP contribution in [0.4, 0.5) is 0 Å².